The first kappa shape index (κ1) is 14.1. The third-order valence-electron chi connectivity index (χ3n) is 4.42. The van der Waals surface area contributed by atoms with Crippen molar-refractivity contribution in [1.29, 1.82) is 0 Å². The Balaban J connectivity index is 1.76. The Morgan fingerprint density at radius 3 is 2.71 bits per heavy atom. The lowest BCUT2D eigenvalue weighted by Crippen LogP contribution is -2.31. The van der Waals surface area contributed by atoms with Crippen LogP contribution in [0, 0.1) is 0 Å². The minimum Gasteiger partial charge on any atom is -0.382 e. The van der Waals surface area contributed by atoms with E-state index in [1.165, 1.54) is 7.05 Å². The van der Waals surface area contributed by atoms with Crippen molar-refractivity contribution in [1.82, 2.24) is 4.90 Å². The Morgan fingerprint density at radius 1 is 1.19 bits per heavy atom. The van der Waals surface area contributed by atoms with Crippen molar-refractivity contribution in [3.63, 3.8) is 0 Å². The number of nitrogens with zero attached hydrogens (tertiary/aromatic N) is 1. The van der Waals surface area contributed by atoms with Crippen LogP contribution < -0.4 is 5.32 Å². The second kappa shape index (κ2) is 5.48. The van der Waals surface area contributed by atoms with Crippen LogP contribution in [0.4, 0.5) is 5.69 Å². The van der Waals surface area contributed by atoms with Crippen LogP contribution in [0.15, 0.2) is 18.2 Å². The van der Waals surface area contributed by atoms with Crippen molar-refractivity contribution >= 4 is 17.5 Å². The van der Waals surface area contributed by atoms with Gasteiger partial charge in [0.2, 0.25) is 0 Å². The van der Waals surface area contributed by atoms with Crippen molar-refractivity contribution in [3.05, 3.63) is 29.3 Å². The van der Waals surface area contributed by atoms with Gasteiger partial charge in [-0.05, 0) is 43.9 Å². The van der Waals surface area contributed by atoms with Crippen molar-refractivity contribution < 1.29 is 14.3 Å². The first-order chi connectivity index (χ1) is 10.1. The lowest BCUT2D eigenvalue weighted by molar-refractivity contribution is 0.0668. The van der Waals surface area contributed by atoms with Gasteiger partial charge in [0, 0.05) is 25.9 Å². The maximum atomic E-state index is 12.0. The van der Waals surface area contributed by atoms with Gasteiger partial charge >= 0.3 is 0 Å². The first-order valence-corrected chi connectivity index (χ1v) is 7.36. The molecule has 2 atom stereocenters. The fraction of sp³-hybridized carbons (Fsp3) is 0.500. The van der Waals surface area contributed by atoms with Crippen molar-refractivity contribution in [2.24, 2.45) is 0 Å². The van der Waals surface area contributed by atoms with Crippen LogP contribution >= 0.6 is 0 Å². The summed E-state index contributed by atoms with van der Waals surface area (Å²) in [5.41, 5.74) is 1.88. The number of nitrogens with one attached hydrogen (secondary N) is 1. The van der Waals surface area contributed by atoms with E-state index in [-0.39, 0.29) is 11.8 Å². The highest BCUT2D eigenvalue weighted by atomic mass is 16.5. The molecule has 2 aliphatic rings. The molecule has 1 heterocycles. The van der Waals surface area contributed by atoms with E-state index in [0.29, 0.717) is 23.3 Å². The van der Waals surface area contributed by atoms with Gasteiger partial charge in [0.15, 0.2) is 0 Å². The average Bonchev–Trinajstić information content (AvgIpc) is 2.72. The van der Waals surface area contributed by atoms with E-state index < -0.39 is 0 Å². The quantitative estimate of drug-likeness (QED) is 0.867. The number of carbonyl (C=O) groups is 2. The van der Waals surface area contributed by atoms with Gasteiger partial charge < -0.3 is 10.1 Å². The molecule has 1 N–H and O–H groups in total. The molecule has 5 heteroatoms. The Morgan fingerprint density at radius 2 is 1.95 bits per heavy atom. The lowest BCUT2D eigenvalue weighted by Gasteiger charge is -2.29. The third kappa shape index (κ3) is 2.53. The van der Waals surface area contributed by atoms with Crippen LogP contribution in [0.1, 0.15) is 46.4 Å². The predicted molar refractivity (Wildman–Crippen MR) is 79.5 cm³/mol. The Hall–Kier alpha value is -1.88. The summed E-state index contributed by atoms with van der Waals surface area (Å²) in [6.07, 6.45) is 4.63. The lowest BCUT2D eigenvalue weighted by atomic mass is 9.92. The Bertz CT molecular complexity index is 585. The van der Waals surface area contributed by atoms with Gasteiger partial charge in [-0.1, -0.05) is 0 Å². The molecule has 0 radical (unpaired) electrons. The van der Waals surface area contributed by atoms with Gasteiger partial charge in [0.25, 0.3) is 11.8 Å². The maximum Gasteiger partial charge on any atom is 0.261 e. The summed E-state index contributed by atoms with van der Waals surface area (Å²) in [5, 5.41) is 3.46. The second-order valence-corrected chi connectivity index (χ2v) is 5.80. The predicted octanol–water partition coefficient (Wildman–Crippen LogP) is 2.28. The Kier molecular flexibility index (Phi) is 3.68. The molecule has 21 heavy (non-hydrogen) atoms. The average molecular weight is 288 g/mol. The standard InChI is InChI=1S/C16H20N2O3/c1-18-15(19)13-7-6-11(9-14(13)16(18)20)17-10-4-3-5-12(8-10)21-2/h6-7,9-10,12,17H,3-5,8H2,1-2H3. The number of ether oxygens (including phenoxy) is 1. The molecule has 0 saturated heterocycles. The second-order valence-electron chi connectivity index (χ2n) is 5.80. The molecule has 1 saturated carbocycles. The number of rotatable bonds is 3. The molecular weight excluding hydrogens is 268 g/mol. The maximum absolute atomic E-state index is 12.0. The van der Waals surface area contributed by atoms with E-state index in [1.807, 2.05) is 6.07 Å². The summed E-state index contributed by atoms with van der Waals surface area (Å²) in [6, 6.07) is 5.75. The zero-order valence-corrected chi connectivity index (χ0v) is 12.4. The van der Waals surface area contributed by atoms with Crippen LogP contribution in [-0.2, 0) is 4.74 Å². The van der Waals surface area contributed by atoms with Gasteiger partial charge in [-0.15, -0.1) is 0 Å². The largest absolute Gasteiger partial charge is 0.382 e. The number of amides is 2. The summed E-state index contributed by atoms with van der Waals surface area (Å²) >= 11 is 0. The third-order valence-corrected chi connectivity index (χ3v) is 4.42. The van der Waals surface area contributed by atoms with Crippen LogP contribution in [0.3, 0.4) is 0 Å². The summed E-state index contributed by atoms with van der Waals surface area (Å²) in [4.78, 5) is 25.0. The number of carbonyl (C=O) groups excluding carboxylic acids is 2. The van der Waals surface area contributed by atoms with Crippen molar-refractivity contribution in [2.45, 2.75) is 37.8 Å². The van der Waals surface area contributed by atoms with E-state index in [9.17, 15) is 9.59 Å². The van der Waals surface area contributed by atoms with Crippen LogP contribution in [0.2, 0.25) is 0 Å². The van der Waals surface area contributed by atoms with Gasteiger partial charge in [-0.3, -0.25) is 14.5 Å². The zero-order chi connectivity index (χ0) is 15.0. The van der Waals surface area contributed by atoms with Crippen LogP contribution in [-0.4, -0.2) is 43.0 Å². The highest BCUT2D eigenvalue weighted by molar-refractivity contribution is 6.21. The minimum absolute atomic E-state index is 0.223. The molecule has 0 spiro atoms. The normalized spacial score (nSPS) is 25.1. The van der Waals surface area contributed by atoms with E-state index in [2.05, 4.69) is 5.32 Å². The van der Waals surface area contributed by atoms with E-state index in [0.717, 1.165) is 36.3 Å². The van der Waals surface area contributed by atoms with E-state index in [1.54, 1.807) is 19.2 Å². The summed E-state index contributed by atoms with van der Waals surface area (Å²) in [6.45, 7) is 0. The summed E-state index contributed by atoms with van der Waals surface area (Å²) in [5.74, 6) is -0.448. The van der Waals surface area contributed by atoms with Crippen molar-refractivity contribution in [2.75, 3.05) is 19.5 Å². The highest BCUT2D eigenvalue weighted by Crippen LogP contribution is 2.28. The fourth-order valence-electron chi connectivity index (χ4n) is 3.18. The molecule has 2 unspecified atom stereocenters. The SMILES string of the molecule is COC1CCCC(Nc2ccc3c(c2)C(=O)N(C)C3=O)C1. The number of methoxy groups -OCH3 is 1. The number of imide groups is 1. The highest BCUT2D eigenvalue weighted by Gasteiger charge is 2.33. The monoisotopic (exact) mass is 288 g/mol. The van der Waals surface area contributed by atoms with Gasteiger partial charge in [-0.2, -0.15) is 0 Å². The smallest absolute Gasteiger partial charge is 0.261 e. The van der Waals surface area contributed by atoms with Crippen molar-refractivity contribution in [3.8, 4) is 0 Å². The molecule has 0 aromatic heterocycles. The molecule has 0 bridgehead atoms. The molecule has 1 aromatic rings. The van der Waals surface area contributed by atoms with Gasteiger partial charge in [-0.25, -0.2) is 0 Å². The molecule has 1 aromatic carbocycles. The molecule has 2 amide bonds. The summed E-state index contributed by atoms with van der Waals surface area (Å²) in [7, 11) is 3.27. The molecule has 112 valence electrons. The first-order valence-electron chi connectivity index (χ1n) is 7.36. The molecular formula is C16H20N2O3. The molecule has 1 fully saturated rings. The minimum atomic E-state index is -0.225. The van der Waals surface area contributed by atoms with Crippen LogP contribution in [0.25, 0.3) is 0 Å². The van der Waals surface area contributed by atoms with E-state index >= 15 is 0 Å². The summed E-state index contributed by atoms with van der Waals surface area (Å²) < 4.78 is 5.43. The van der Waals surface area contributed by atoms with Gasteiger partial charge in [0.1, 0.15) is 0 Å². The topological polar surface area (TPSA) is 58.6 Å². The number of benzene rings is 1. The zero-order valence-electron chi connectivity index (χ0n) is 12.4. The molecule has 3 rings (SSSR count). The number of anilines is 1. The van der Waals surface area contributed by atoms with Crippen LogP contribution in [0.5, 0.6) is 0 Å². The molecule has 5 nitrogen and oxygen atoms in total. The molecule has 1 aliphatic carbocycles. The fourth-order valence-corrected chi connectivity index (χ4v) is 3.18. The number of fused-ring (bicyclic) bond motifs is 1. The Labute approximate surface area is 124 Å². The van der Waals surface area contributed by atoms with Gasteiger partial charge in [0.05, 0.1) is 17.2 Å². The molecule has 1 aliphatic heterocycles. The van der Waals surface area contributed by atoms with E-state index in [4.69, 9.17) is 4.74 Å². The number of hydrogen-bond acceptors (Lipinski definition) is 4. The number of hydrogen-bond donors (Lipinski definition) is 1.